The van der Waals surface area contributed by atoms with E-state index in [1.165, 1.54) is 0 Å². The van der Waals surface area contributed by atoms with Gasteiger partial charge in [-0.3, -0.25) is 0 Å². The van der Waals surface area contributed by atoms with Crippen molar-refractivity contribution in [3.63, 3.8) is 0 Å². The van der Waals surface area contributed by atoms with Gasteiger partial charge in [-0.15, -0.1) is 5.10 Å². The lowest BCUT2D eigenvalue weighted by molar-refractivity contribution is 0.0348. The van der Waals surface area contributed by atoms with Crippen LogP contribution in [0.5, 0.6) is 6.01 Å². The van der Waals surface area contributed by atoms with Crippen LogP contribution in [0.4, 0.5) is 5.69 Å². The highest BCUT2D eigenvalue weighted by Gasteiger charge is 2.17. The Morgan fingerprint density at radius 1 is 1.00 bits per heavy atom. The summed E-state index contributed by atoms with van der Waals surface area (Å²) in [5, 5.41) is 17.9. The molecule has 0 saturated carbocycles. The van der Waals surface area contributed by atoms with Crippen LogP contribution in [0.1, 0.15) is 12.5 Å². The molecule has 4 aromatic rings. The quantitative estimate of drug-likeness (QED) is 0.263. The smallest absolute Gasteiger partial charge is 0.336 e. The highest BCUT2D eigenvalue weighted by Crippen LogP contribution is 2.24. The average Bonchev–Trinajstić information content (AvgIpc) is 3.57. The van der Waals surface area contributed by atoms with E-state index in [-0.39, 0.29) is 12.6 Å². The van der Waals surface area contributed by atoms with E-state index < -0.39 is 6.10 Å². The molecule has 2 heterocycles. The van der Waals surface area contributed by atoms with E-state index in [4.69, 9.17) is 18.6 Å². The first-order valence-corrected chi connectivity index (χ1v) is 11.6. The molecule has 2 N–H and O–H groups in total. The molecule has 0 aliphatic heterocycles. The molecule has 0 bridgehead atoms. The predicted molar refractivity (Wildman–Crippen MR) is 132 cm³/mol. The minimum absolute atomic E-state index is 0.247. The Bertz CT molecular complexity index is 1130. The Morgan fingerprint density at radius 3 is 2.57 bits per heavy atom. The maximum atomic E-state index is 10.2. The average molecular weight is 479 g/mol. The fourth-order valence-corrected chi connectivity index (χ4v) is 3.34. The van der Waals surface area contributed by atoms with Crippen molar-refractivity contribution in [3.8, 4) is 23.3 Å². The van der Waals surface area contributed by atoms with E-state index in [2.05, 4.69) is 15.4 Å². The monoisotopic (exact) mass is 478 g/mol. The van der Waals surface area contributed by atoms with Crippen LogP contribution in [0.15, 0.2) is 77.4 Å². The Balaban J connectivity index is 1.34. The molecule has 9 nitrogen and oxygen atoms in total. The van der Waals surface area contributed by atoms with Gasteiger partial charge in [0, 0.05) is 18.8 Å². The molecule has 184 valence electrons. The van der Waals surface area contributed by atoms with E-state index in [1.54, 1.807) is 17.0 Å². The number of nitrogens with zero attached hydrogens (tertiary/aromatic N) is 3. The fraction of sp³-hybridized carbons (Fsp3) is 0.308. The number of aliphatic hydroxyl groups excluding tert-OH is 1. The molecule has 9 heteroatoms. The Morgan fingerprint density at radius 2 is 1.83 bits per heavy atom. The minimum atomic E-state index is -0.629. The molecule has 4 rings (SSSR count). The predicted octanol–water partition coefficient (Wildman–Crippen LogP) is 3.93. The van der Waals surface area contributed by atoms with Gasteiger partial charge in [-0.1, -0.05) is 30.3 Å². The molecule has 0 spiro atoms. The van der Waals surface area contributed by atoms with Gasteiger partial charge in [0.25, 0.3) is 0 Å². The van der Waals surface area contributed by atoms with E-state index >= 15 is 0 Å². The molecular weight excluding hydrogens is 448 g/mol. The van der Waals surface area contributed by atoms with Crippen LogP contribution in [0.25, 0.3) is 17.3 Å². The largest absolute Gasteiger partial charge is 0.461 e. The summed E-state index contributed by atoms with van der Waals surface area (Å²) in [5.41, 5.74) is 2.73. The highest BCUT2D eigenvalue weighted by molar-refractivity contribution is 5.54. The topological polar surface area (TPSA) is 104 Å². The molecular formula is C26H30N4O5. The summed E-state index contributed by atoms with van der Waals surface area (Å²) in [6.07, 6.45) is 0.960. The molecule has 0 radical (unpaired) electrons. The summed E-state index contributed by atoms with van der Waals surface area (Å²) in [5.74, 6) is 1.12. The van der Waals surface area contributed by atoms with Crippen LogP contribution in [-0.4, -0.2) is 58.9 Å². The van der Waals surface area contributed by atoms with Gasteiger partial charge in [0.05, 0.1) is 37.9 Å². The van der Waals surface area contributed by atoms with Gasteiger partial charge in [0.2, 0.25) is 5.82 Å². The van der Waals surface area contributed by atoms with Crippen molar-refractivity contribution in [3.05, 3.63) is 78.6 Å². The molecule has 35 heavy (non-hydrogen) atoms. The zero-order valence-electron chi connectivity index (χ0n) is 19.7. The number of benzene rings is 2. The van der Waals surface area contributed by atoms with Crippen LogP contribution < -0.4 is 10.1 Å². The lowest BCUT2D eigenvalue weighted by Gasteiger charge is -2.14. The minimum Gasteiger partial charge on any atom is -0.461 e. The van der Waals surface area contributed by atoms with E-state index in [9.17, 15) is 5.11 Å². The van der Waals surface area contributed by atoms with Crippen LogP contribution >= 0.6 is 0 Å². The Kier molecular flexibility index (Phi) is 8.88. The molecule has 0 amide bonds. The molecule has 0 aliphatic rings. The normalized spacial score (nSPS) is 11.9. The number of aliphatic hydroxyl groups is 1. The third-order valence-corrected chi connectivity index (χ3v) is 5.07. The number of furan rings is 1. The van der Waals surface area contributed by atoms with Crippen molar-refractivity contribution in [2.24, 2.45) is 0 Å². The molecule has 0 aliphatic carbocycles. The molecule has 2 aromatic heterocycles. The summed E-state index contributed by atoms with van der Waals surface area (Å²) in [6, 6.07) is 21.4. The van der Waals surface area contributed by atoms with E-state index in [0.29, 0.717) is 44.6 Å². The molecule has 1 unspecified atom stereocenters. The summed E-state index contributed by atoms with van der Waals surface area (Å²) in [4.78, 5) is 4.48. The number of hydrogen-bond donors (Lipinski definition) is 2. The zero-order valence-corrected chi connectivity index (χ0v) is 19.7. The van der Waals surface area contributed by atoms with Crippen molar-refractivity contribution in [2.75, 3.05) is 38.3 Å². The second-order valence-corrected chi connectivity index (χ2v) is 7.73. The lowest BCUT2D eigenvalue weighted by atomic mass is 10.2. The third kappa shape index (κ3) is 7.16. The van der Waals surface area contributed by atoms with Gasteiger partial charge in [-0.05, 0) is 48.9 Å². The van der Waals surface area contributed by atoms with Crippen LogP contribution in [0.2, 0.25) is 0 Å². The molecule has 0 saturated heterocycles. The van der Waals surface area contributed by atoms with Crippen molar-refractivity contribution in [2.45, 2.75) is 19.6 Å². The number of hydrogen-bond acceptors (Lipinski definition) is 8. The summed E-state index contributed by atoms with van der Waals surface area (Å²) >= 11 is 0. The van der Waals surface area contributed by atoms with Crippen molar-refractivity contribution in [1.29, 1.82) is 0 Å². The van der Waals surface area contributed by atoms with E-state index in [0.717, 1.165) is 16.9 Å². The van der Waals surface area contributed by atoms with Crippen molar-refractivity contribution in [1.82, 2.24) is 14.8 Å². The second kappa shape index (κ2) is 12.7. The standard InChI is InChI=1S/C26H30N4O5/c1-2-32-15-16-35-26-28-25(24-9-6-14-34-24)30(29-26)22-12-10-21(11-13-22)27-17-23(31)19-33-18-20-7-4-3-5-8-20/h3-14,23,27,31H,2,15-19H2,1H3. The van der Waals surface area contributed by atoms with Crippen molar-refractivity contribution >= 4 is 5.69 Å². The van der Waals surface area contributed by atoms with Gasteiger partial charge in [0.1, 0.15) is 6.61 Å². The molecule has 1 atom stereocenters. The molecule has 2 aromatic carbocycles. The molecule has 0 fully saturated rings. The maximum Gasteiger partial charge on any atom is 0.336 e. The number of rotatable bonds is 14. The third-order valence-electron chi connectivity index (χ3n) is 5.07. The summed E-state index contributed by atoms with van der Waals surface area (Å²) in [6.45, 7) is 4.46. The first kappa shape index (κ1) is 24.5. The van der Waals surface area contributed by atoms with Gasteiger partial charge >= 0.3 is 6.01 Å². The van der Waals surface area contributed by atoms with Gasteiger partial charge in [-0.25, -0.2) is 4.68 Å². The number of aromatic nitrogens is 3. The number of ether oxygens (including phenoxy) is 3. The highest BCUT2D eigenvalue weighted by atomic mass is 16.5. The lowest BCUT2D eigenvalue weighted by Crippen LogP contribution is -2.24. The first-order valence-electron chi connectivity index (χ1n) is 11.6. The van der Waals surface area contributed by atoms with Crippen LogP contribution in [0.3, 0.4) is 0 Å². The van der Waals surface area contributed by atoms with Gasteiger partial charge in [-0.2, -0.15) is 4.98 Å². The number of anilines is 1. The maximum absolute atomic E-state index is 10.2. The zero-order chi connectivity index (χ0) is 24.3. The van der Waals surface area contributed by atoms with Crippen molar-refractivity contribution < 1.29 is 23.7 Å². The first-order chi connectivity index (χ1) is 17.2. The summed E-state index contributed by atoms with van der Waals surface area (Å²) in [7, 11) is 0. The second-order valence-electron chi connectivity index (χ2n) is 7.73. The number of nitrogens with one attached hydrogen (secondary N) is 1. The fourth-order valence-electron chi connectivity index (χ4n) is 3.34. The van der Waals surface area contributed by atoms with Crippen LogP contribution in [0, 0.1) is 0 Å². The SMILES string of the molecule is CCOCCOc1nc(-c2ccco2)n(-c2ccc(NCC(O)COCc3ccccc3)cc2)n1. The van der Waals surface area contributed by atoms with Gasteiger partial charge in [0.15, 0.2) is 5.76 Å². The van der Waals surface area contributed by atoms with Gasteiger partial charge < -0.3 is 29.1 Å². The Hall–Kier alpha value is -3.66. The Labute approximate surface area is 204 Å². The van der Waals surface area contributed by atoms with Crippen LogP contribution in [-0.2, 0) is 16.1 Å². The summed E-state index contributed by atoms with van der Waals surface area (Å²) < 4.78 is 23.7. The van der Waals surface area contributed by atoms with E-state index in [1.807, 2.05) is 67.6 Å².